The summed E-state index contributed by atoms with van der Waals surface area (Å²) in [6, 6.07) is 6.10. The van der Waals surface area contributed by atoms with Gasteiger partial charge in [-0.1, -0.05) is 24.3 Å². The lowest BCUT2D eigenvalue weighted by atomic mass is 10.1. The molecule has 3 amide bonds. The molecule has 0 bridgehead atoms. The largest absolute Gasteiger partial charge is 0.394 e. The Hall–Kier alpha value is -2.41. The van der Waals surface area contributed by atoms with Gasteiger partial charge in [0.25, 0.3) is 0 Å². The zero-order valence-corrected chi connectivity index (χ0v) is 11.8. The number of aliphatic hydroxyl groups excluding tert-OH is 1. The van der Waals surface area contributed by atoms with Crippen LogP contribution in [-0.4, -0.2) is 35.5 Å². The highest BCUT2D eigenvalue weighted by Crippen LogP contribution is 2.06. The molecule has 1 rings (SSSR count). The molecule has 1 aromatic carbocycles. The Morgan fingerprint density at radius 1 is 1.29 bits per heavy atom. The van der Waals surface area contributed by atoms with Gasteiger partial charge in [0.15, 0.2) is 0 Å². The van der Waals surface area contributed by atoms with Crippen molar-refractivity contribution < 1.29 is 19.5 Å². The summed E-state index contributed by atoms with van der Waals surface area (Å²) in [5, 5.41) is 14.0. The van der Waals surface area contributed by atoms with E-state index in [9.17, 15) is 14.4 Å². The predicted octanol–water partition coefficient (Wildman–Crippen LogP) is -1.17. The molecule has 0 aromatic heterocycles. The molecule has 0 aliphatic rings. The number of nitrogens with one attached hydrogen (secondary N) is 2. The lowest BCUT2D eigenvalue weighted by molar-refractivity contribution is -0.129. The third-order valence-corrected chi connectivity index (χ3v) is 2.71. The van der Waals surface area contributed by atoms with Crippen molar-refractivity contribution in [2.75, 3.05) is 6.61 Å². The van der Waals surface area contributed by atoms with E-state index in [1.54, 1.807) is 24.3 Å². The summed E-state index contributed by atoms with van der Waals surface area (Å²) >= 11 is 0. The molecule has 7 heteroatoms. The molecule has 0 unspecified atom stereocenters. The predicted molar refractivity (Wildman–Crippen MR) is 75.9 cm³/mol. The Morgan fingerprint density at radius 3 is 2.52 bits per heavy atom. The van der Waals surface area contributed by atoms with E-state index in [1.807, 2.05) is 0 Å². The molecule has 0 fully saturated rings. The Morgan fingerprint density at radius 2 is 1.95 bits per heavy atom. The molecule has 1 aromatic rings. The van der Waals surface area contributed by atoms with Crippen LogP contribution in [0.4, 0.5) is 0 Å². The first-order chi connectivity index (χ1) is 9.92. The van der Waals surface area contributed by atoms with Crippen LogP contribution in [0, 0.1) is 0 Å². The summed E-state index contributed by atoms with van der Waals surface area (Å²) in [6.07, 6.45) is 0.132. The number of amides is 3. The molecule has 0 saturated heterocycles. The van der Waals surface area contributed by atoms with E-state index in [-0.39, 0.29) is 13.0 Å². The first kappa shape index (κ1) is 16.6. The van der Waals surface area contributed by atoms with Crippen LogP contribution >= 0.6 is 0 Å². The average molecular weight is 293 g/mol. The Kier molecular flexibility index (Phi) is 6.35. The minimum Gasteiger partial charge on any atom is -0.394 e. The first-order valence-corrected chi connectivity index (χ1v) is 6.44. The summed E-state index contributed by atoms with van der Waals surface area (Å²) in [6.45, 7) is 1.01. The van der Waals surface area contributed by atoms with Crippen LogP contribution in [-0.2, 0) is 27.3 Å². The van der Waals surface area contributed by atoms with Gasteiger partial charge in [-0.05, 0) is 11.1 Å². The molecule has 114 valence electrons. The molecule has 1 atom stereocenters. The van der Waals surface area contributed by atoms with Crippen LogP contribution in [0.3, 0.4) is 0 Å². The molecule has 0 spiro atoms. The molecule has 5 N–H and O–H groups in total. The van der Waals surface area contributed by atoms with Gasteiger partial charge >= 0.3 is 0 Å². The Labute approximate surface area is 122 Å². The maximum absolute atomic E-state index is 11.8. The van der Waals surface area contributed by atoms with E-state index in [0.717, 1.165) is 11.1 Å². The monoisotopic (exact) mass is 293 g/mol. The number of rotatable bonds is 7. The fraction of sp³-hybridized carbons (Fsp3) is 0.357. The molecule has 0 aliphatic carbocycles. The van der Waals surface area contributed by atoms with Gasteiger partial charge in [-0.25, -0.2) is 0 Å². The normalized spacial score (nSPS) is 11.5. The van der Waals surface area contributed by atoms with Crippen LogP contribution in [0.15, 0.2) is 24.3 Å². The standard InChI is InChI=1S/C14H19N3O4/c1-9(19)17-12(8-18)14(21)16-7-11-4-2-3-10(5-11)6-13(15)20/h2-5,12,18H,6-8H2,1H3,(H2,15,20)(H,16,21)(H,17,19)/t12-/m0/s1. The van der Waals surface area contributed by atoms with Gasteiger partial charge in [-0.15, -0.1) is 0 Å². The van der Waals surface area contributed by atoms with Gasteiger partial charge in [-0.2, -0.15) is 0 Å². The summed E-state index contributed by atoms with van der Waals surface area (Å²) in [4.78, 5) is 33.5. The van der Waals surface area contributed by atoms with Crippen molar-refractivity contribution in [3.05, 3.63) is 35.4 Å². The Balaban J connectivity index is 2.59. The van der Waals surface area contributed by atoms with Gasteiger partial charge in [0.2, 0.25) is 17.7 Å². The lowest BCUT2D eigenvalue weighted by Crippen LogP contribution is -2.48. The van der Waals surface area contributed by atoms with E-state index >= 15 is 0 Å². The van der Waals surface area contributed by atoms with E-state index in [4.69, 9.17) is 10.8 Å². The first-order valence-electron chi connectivity index (χ1n) is 6.44. The van der Waals surface area contributed by atoms with Crippen LogP contribution < -0.4 is 16.4 Å². The van der Waals surface area contributed by atoms with Crippen molar-refractivity contribution in [2.24, 2.45) is 5.73 Å². The van der Waals surface area contributed by atoms with Crippen molar-refractivity contribution in [1.29, 1.82) is 0 Å². The van der Waals surface area contributed by atoms with E-state index < -0.39 is 30.4 Å². The summed E-state index contributed by atoms with van der Waals surface area (Å²) in [5.41, 5.74) is 6.68. The third kappa shape index (κ3) is 6.05. The van der Waals surface area contributed by atoms with Crippen molar-refractivity contribution in [2.45, 2.75) is 25.9 Å². The van der Waals surface area contributed by atoms with Crippen LogP contribution in [0.1, 0.15) is 18.1 Å². The number of aliphatic hydroxyl groups is 1. The molecule has 0 aliphatic heterocycles. The number of carbonyl (C=O) groups is 3. The second kappa shape index (κ2) is 8.01. The molecular weight excluding hydrogens is 274 g/mol. The maximum Gasteiger partial charge on any atom is 0.245 e. The highest BCUT2D eigenvalue weighted by Gasteiger charge is 2.17. The zero-order valence-electron chi connectivity index (χ0n) is 11.8. The highest BCUT2D eigenvalue weighted by molar-refractivity contribution is 5.86. The SMILES string of the molecule is CC(=O)N[C@@H](CO)C(=O)NCc1cccc(CC(N)=O)c1. The minimum absolute atomic E-state index is 0.132. The van der Waals surface area contributed by atoms with Crippen LogP contribution in [0.2, 0.25) is 0 Å². The molecule has 0 saturated carbocycles. The zero-order chi connectivity index (χ0) is 15.8. The number of hydrogen-bond acceptors (Lipinski definition) is 4. The smallest absolute Gasteiger partial charge is 0.245 e. The second-order valence-corrected chi connectivity index (χ2v) is 4.62. The number of hydrogen-bond donors (Lipinski definition) is 4. The van der Waals surface area contributed by atoms with Crippen LogP contribution in [0.5, 0.6) is 0 Å². The number of nitrogens with two attached hydrogens (primary N) is 1. The fourth-order valence-corrected chi connectivity index (χ4v) is 1.80. The summed E-state index contributed by atoms with van der Waals surface area (Å²) in [7, 11) is 0. The van der Waals surface area contributed by atoms with Crippen molar-refractivity contribution >= 4 is 17.7 Å². The topological polar surface area (TPSA) is 122 Å². The van der Waals surface area contributed by atoms with E-state index in [2.05, 4.69) is 10.6 Å². The van der Waals surface area contributed by atoms with E-state index in [0.29, 0.717) is 0 Å². The Bertz CT molecular complexity index is 531. The highest BCUT2D eigenvalue weighted by atomic mass is 16.3. The molecule has 0 radical (unpaired) electrons. The quantitative estimate of drug-likeness (QED) is 0.506. The average Bonchev–Trinajstić information content (AvgIpc) is 2.41. The molecule has 0 heterocycles. The molecular formula is C14H19N3O4. The molecule has 21 heavy (non-hydrogen) atoms. The minimum atomic E-state index is -0.976. The van der Waals surface area contributed by atoms with Gasteiger partial charge in [-0.3, -0.25) is 14.4 Å². The van der Waals surface area contributed by atoms with Crippen LogP contribution in [0.25, 0.3) is 0 Å². The maximum atomic E-state index is 11.8. The van der Waals surface area contributed by atoms with Gasteiger partial charge < -0.3 is 21.5 Å². The van der Waals surface area contributed by atoms with Crippen molar-refractivity contribution in [3.63, 3.8) is 0 Å². The van der Waals surface area contributed by atoms with Crippen molar-refractivity contribution in [1.82, 2.24) is 10.6 Å². The molecule has 7 nitrogen and oxygen atoms in total. The van der Waals surface area contributed by atoms with Crippen molar-refractivity contribution in [3.8, 4) is 0 Å². The van der Waals surface area contributed by atoms with E-state index in [1.165, 1.54) is 6.92 Å². The van der Waals surface area contributed by atoms with Gasteiger partial charge in [0.1, 0.15) is 6.04 Å². The lowest BCUT2D eigenvalue weighted by Gasteiger charge is -2.15. The fourth-order valence-electron chi connectivity index (χ4n) is 1.80. The number of benzene rings is 1. The summed E-state index contributed by atoms with van der Waals surface area (Å²) < 4.78 is 0. The second-order valence-electron chi connectivity index (χ2n) is 4.62. The number of primary amides is 1. The summed E-state index contributed by atoms with van der Waals surface area (Å²) in [5.74, 6) is -1.30. The van der Waals surface area contributed by atoms with Gasteiger partial charge in [0, 0.05) is 13.5 Å². The number of carbonyl (C=O) groups excluding carboxylic acids is 3. The van der Waals surface area contributed by atoms with Gasteiger partial charge in [0.05, 0.1) is 13.0 Å². The third-order valence-electron chi connectivity index (χ3n) is 2.71.